The predicted octanol–water partition coefficient (Wildman–Crippen LogP) is 3.33. The molecule has 1 aromatic rings. The Morgan fingerprint density at radius 3 is 2.30 bits per heavy atom. The van der Waals surface area contributed by atoms with E-state index in [1.807, 2.05) is 0 Å². The maximum absolute atomic E-state index is 13.3. The zero-order valence-corrected chi connectivity index (χ0v) is 11.9. The minimum atomic E-state index is -4.56. The molecule has 0 amide bonds. The number of halogens is 4. The maximum atomic E-state index is 13.3. The maximum Gasteiger partial charge on any atom is 0.400 e. The van der Waals surface area contributed by atoms with Gasteiger partial charge in [-0.25, -0.2) is 4.79 Å². The van der Waals surface area contributed by atoms with Gasteiger partial charge in [-0.05, 0) is 24.1 Å². The highest BCUT2D eigenvalue weighted by atomic mass is 79.9. The van der Waals surface area contributed by atoms with E-state index in [9.17, 15) is 18.0 Å². The minimum Gasteiger partial charge on any atom is -0.465 e. The Bertz CT molecular complexity index is 593. The van der Waals surface area contributed by atoms with Crippen molar-refractivity contribution >= 4 is 21.9 Å². The van der Waals surface area contributed by atoms with Gasteiger partial charge >= 0.3 is 12.1 Å². The van der Waals surface area contributed by atoms with Gasteiger partial charge in [0.25, 0.3) is 0 Å². The van der Waals surface area contributed by atoms with Crippen molar-refractivity contribution in [3.05, 3.63) is 35.4 Å². The fourth-order valence-electron chi connectivity index (χ4n) is 2.28. The molecular formula is C13H9BrF3NO2. The van der Waals surface area contributed by atoms with Gasteiger partial charge in [-0.3, -0.25) is 0 Å². The van der Waals surface area contributed by atoms with E-state index in [0.717, 1.165) is 0 Å². The number of carbonyl (C=O) groups excluding carboxylic acids is 1. The number of carbonyl (C=O) groups is 1. The van der Waals surface area contributed by atoms with E-state index >= 15 is 0 Å². The van der Waals surface area contributed by atoms with E-state index in [1.165, 1.54) is 31.4 Å². The zero-order chi connectivity index (χ0) is 15.2. The van der Waals surface area contributed by atoms with Crippen molar-refractivity contribution in [1.82, 2.24) is 0 Å². The van der Waals surface area contributed by atoms with Crippen molar-refractivity contribution in [2.24, 2.45) is 0 Å². The van der Waals surface area contributed by atoms with Gasteiger partial charge in [-0.15, -0.1) is 0 Å². The Balaban J connectivity index is 2.45. The molecule has 20 heavy (non-hydrogen) atoms. The van der Waals surface area contributed by atoms with E-state index in [4.69, 9.17) is 5.26 Å². The average Bonchev–Trinajstić information content (AvgIpc) is 3.07. The molecule has 2 atom stereocenters. The Morgan fingerprint density at radius 1 is 1.40 bits per heavy atom. The molecule has 0 heterocycles. The first-order valence-corrected chi connectivity index (χ1v) is 6.37. The molecule has 1 aliphatic rings. The normalized spacial score (nSPS) is 28.6. The second-order valence-electron chi connectivity index (χ2n) is 4.56. The number of methoxy groups -OCH3 is 1. The van der Waals surface area contributed by atoms with Crippen LogP contribution in [0.15, 0.2) is 24.3 Å². The highest BCUT2D eigenvalue weighted by Gasteiger charge is 2.80. The summed E-state index contributed by atoms with van der Waals surface area (Å²) in [7, 11) is 1.19. The molecule has 1 aromatic carbocycles. The van der Waals surface area contributed by atoms with Gasteiger partial charge in [0.1, 0.15) is 9.74 Å². The van der Waals surface area contributed by atoms with E-state index in [-0.39, 0.29) is 17.5 Å². The van der Waals surface area contributed by atoms with Crippen LogP contribution in [0.3, 0.4) is 0 Å². The smallest absolute Gasteiger partial charge is 0.400 e. The van der Waals surface area contributed by atoms with Crippen LogP contribution in [0, 0.1) is 11.3 Å². The quantitative estimate of drug-likeness (QED) is 0.609. The van der Waals surface area contributed by atoms with Gasteiger partial charge in [0.2, 0.25) is 0 Å². The zero-order valence-electron chi connectivity index (χ0n) is 10.3. The summed E-state index contributed by atoms with van der Waals surface area (Å²) in [6, 6.07) is 6.61. The second kappa shape index (κ2) is 4.48. The lowest BCUT2D eigenvalue weighted by molar-refractivity contribution is -0.161. The summed E-state index contributed by atoms with van der Waals surface area (Å²) < 4.78 is 42.8. The molecule has 1 saturated carbocycles. The molecular weight excluding hydrogens is 339 g/mol. The highest BCUT2D eigenvalue weighted by Crippen LogP contribution is 2.69. The number of nitriles is 1. The van der Waals surface area contributed by atoms with Crippen LogP contribution in [0.5, 0.6) is 0 Å². The van der Waals surface area contributed by atoms with E-state index in [2.05, 4.69) is 20.7 Å². The van der Waals surface area contributed by atoms with Gasteiger partial charge in [0.05, 0.1) is 18.7 Å². The third-order valence-electron chi connectivity index (χ3n) is 3.52. The third kappa shape index (κ3) is 1.90. The number of esters is 1. The Morgan fingerprint density at radius 2 is 1.95 bits per heavy atom. The van der Waals surface area contributed by atoms with Crippen molar-refractivity contribution in [1.29, 1.82) is 5.26 Å². The molecule has 0 bridgehead atoms. The Hall–Kier alpha value is -1.55. The number of benzene rings is 1. The number of alkyl halides is 4. The van der Waals surface area contributed by atoms with E-state index in [1.54, 1.807) is 6.07 Å². The van der Waals surface area contributed by atoms with E-state index < -0.39 is 21.9 Å². The van der Waals surface area contributed by atoms with Crippen molar-refractivity contribution < 1.29 is 22.7 Å². The fourth-order valence-corrected chi connectivity index (χ4v) is 3.16. The summed E-state index contributed by atoms with van der Waals surface area (Å²) in [5.74, 6) is -0.626. The molecule has 0 radical (unpaired) electrons. The summed E-state index contributed by atoms with van der Waals surface area (Å²) in [6.45, 7) is 0. The molecule has 0 spiro atoms. The van der Waals surface area contributed by atoms with E-state index in [0.29, 0.717) is 0 Å². The largest absolute Gasteiger partial charge is 0.465 e. The molecule has 2 unspecified atom stereocenters. The van der Waals surface area contributed by atoms with Crippen LogP contribution in [0.4, 0.5) is 13.2 Å². The molecule has 3 nitrogen and oxygen atoms in total. The standard InChI is InChI=1S/C13H9BrF3NO2/c1-20-10(19)8-2-4-9(5-3-8)12(13(15,16)17)6-11(12,14)7-18/h2-5H,6H2,1H3. The molecule has 0 aliphatic heterocycles. The molecule has 0 aromatic heterocycles. The van der Waals surface area contributed by atoms with Crippen LogP contribution >= 0.6 is 15.9 Å². The van der Waals surface area contributed by atoms with Gasteiger partial charge in [0, 0.05) is 0 Å². The van der Waals surface area contributed by atoms with Crippen LogP contribution in [-0.2, 0) is 10.2 Å². The van der Waals surface area contributed by atoms with Crippen LogP contribution in [-0.4, -0.2) is 23.6 Å². The molecule has 0 N–H and O–H groups in total. The lowest BCUT2D eigenvalue weighted by atomic mass is 9.92. The van der Waals surface area contributed by atoms with Crippen LogP contribution in [0.1, 0.15) is 22.3 Å². The molecule has 106 valence electrons. The number of rotatable bonds is 2. The molecule has 0 saturated heterocycles. The number of nitrogens with zero attached hydrogens (tertiary/aromatic N) is 1. The van der Waals surface area contributed by atoms with Crippen LogP contribution in [0.25, 0.3) is 0 Å². The van der Waals surface area contributed by atoms with Gasteiger partial charge in [-0.1, -0.05) is 28.1 Å². The SMILES string of the molecule is COC(=O)c1ccc(C2(C(F)(F)F)CC2(Br)C#N)cc1. The summed E-state index contributed by atoms with van der Waals surface area (Å²) in [6.07, 6.45) is -4.91. The first-order valence-electron chi connectivity index (χ1n) is 5.57. The van der Waals surface area contributed by atoms with Crippen LogP contribution < -0.4 is 0 Å². The van der Waals surface area contributed by atoms with Gasteiger partial charge in [-0.2, -0.15) is 18.4 Å². The minimum absolute atomic E-state index is 0.0453. The third-order valence-corrected chi connectivity index (χ3v) is 4.65. The molecule has 2 rings (SSSR count). The lowest BCUT2D eigenvalue weighted by Gasteiger charge is -2.22. The molecule has 1 aliphatic carbocycles. The Labute approximate surface area is 121 Å². The van der Waals surface area contributed by atoms with Crippen molar-refractivity contribution in [2.45, 2.75) is 22.3 Å². The first kappa shape index (κ1) is 14.9. The van der Waals surface area contributed by atoms with Crippen LogP contribution in [0.2, 0.25) is 0 Å². The summed E-state index contributed by atoms with van der Waals surface area (Å²) >= 11 is 2.87. The molecule has 7 heteroatoms. The molecule has 1 fully saturated rings. The van der Waals surface area contributed by atoms with Gasteiger partial charge < -0.3 is 4.74 Å². The summed E-state index contributed by atoms with van der Waals surface area (Å²) in [5, 5.41) is 8.94. The number of ether oxygens (including phenoxy) is 1. The van der Waals surface area contributed by atoms with Crippen molar-refractivity contribution in [3.63, 3.8) is 0 Å². The number of hydrogen-bond donors (Lipinski definition) is 0. The predicted molar refractivity (Wildman–Crippen MR) is 67.4 cm³/mol. The summed E-state index contributed by atoms with van der Waals surface area (Å²) in [4.78, 5) is 11.3. The fraction of sp³-hybridized carbons (Fsp3) is 0.385. The van der Waals surface area contributed by atoms with Crippen molar-refractivity contribution in [2.75, 3.05) is 7.11 Å². The van der Waals surface area contributed by atoms with Crippen molar-refractivity contribution in [3.8, 4) is 6.07 Å². The number of hydrogen-bond acceptors (Lipinski definition) is 3. The lowest BCUT2D eigenvalue weighted by Crippen LogP contribution is -2.35. The Kier molecular flexibility index (Phi) is 3.33. The summed E-state index contributed by atoms with van der Waals surface area (Å²) in [5.41, 5.74) is -2.12. The average molecular weight is 348 g/mol. The second-order valence-corrected chi connectivity index (χ2v) is 5.92. The topological polar surface area (TPSA) is 50.1 Å². The first-order chi connectivity index (χ1) is 9.22. The van der Waals surface area contributed by atoms with Gasteiger partial charge in [0.15, 0.2) is 0 Å². The monoisotopic (exact) mass is 347 g/mol. The highest BCUT2D eigenvalue weighted by molar-refractivity contribution is 9.10.